The summed E-state index contributed by atoms with van der Waals surface area (Å²) in [5.41, 5.74) is 14.0. The van der Waals surface area contributed by atoms with E-state index in [9.17, 15) is 9.59 Å². The molecule has 0 bridgehead atoms. The number of rotatable bonds is 7. The molecule has 2 heterocycles. The molecule has 6 nitrogen and oxygen atoms in total. The third-order valence-electron chi connectivity index (χ3n) is 10.8. The molecule has 4 aromatic rings. The molecular formula is C42H52Cl2N4O2. The summed E-state index contributed by atoms with van der Waals surface area (Å²) in [6.07, 6.45) is 0. The number of hydrogen-bond acceptors (Lipinski definition) is 4. The van der Waals surface area contributed by atoms with Gasteiger partial charge in [0.2, 0.25) is 0 Å². The molecule has 2 aliphatic rings. The van der Waals surface area contributed by atoms with Crippen molar-refractivity contribution in [2.75, 3.05) is 65.4 Å². The molecule has 50 heavy (non-hydrogen) atoms. The SMILES string of the molecule is Cc1cc(-c2ccc(C(=O)N3CCN(CCN4CCN(C(=O)c5ccc(-c6cc(C)c(C)c(C)c6)cc5)CC4)CC3)cc2)cc(C)c1C.Cl.Cl. The van der Waals surface area contributed by atoms with Crippen molar-refractivity contribution < 1.29 is 9.59 Å². The number of nitrogens with zero attached hydrogens (tertiary/aromatic N) is 4. The van der Waals surface area contributed by atoms with Gasteiger partial charge in [-0.15, -0.1) is 24.8 Å². The predicted octanol–water partition coefficient (Wildman–Crippen LogP) is 7.93. The third-order valence-corrected chi connectivity index (χ3v) is 10.8. The fourth-order valence-corrected chi connectivity index (χ4v) is 7.01. The molecule has 2 saturated heterocycles. The molecular weight excluding hydrogens is 663 g/mol. The lowest BCUT2D eigenvalue weighted by Crippen LogP contribution is -2.53. The summed E-state index contributed by atoms with van der Waals surface area (Å²) in [5, 5.41) is 0. The molecule has 2 amide bonds. The zero-order valence-corrected chi connectivity index (χ0v) is 32.1. The monoisotopic (exact) mass is 714 g/mol. The first-order valence-electron chi connectivity index (χ1n) is 17.5. The number of amides is 2. The van der Waals surface area contributed by atoms with E-state index in [-0.39, 0.29) is 36.6 Å². The molecule has 2 aliphatic heterocycles. The first kappa shape index (κ1) is 39.1. The van der Waals surface area contributed by atoms with E-state index in [1.54, 1.807) is 0 Å². The van der Waals surface area contributed by atoms with Gasteiger partial charge in [-0.1, -0.05) is 48.5 Å². The Morgan fingerprint density at radius 1 is 0.440 bits per heavy atom. The average molecular weight is 716 g/mol. The maximum atomic E-state index is 13.3. The van der Waals surface area contributed by atoms with Crippen LogP contribution in [0, 0.1) is 41.5 Å². The minimum atomic E-state index is 0. The quantitative estimate of drug-likeness (QED) is 0.195. The van der Waals surface area contributed by atoms with Gasteiger partial charge in [0.25, 0.3) is 11.8 Å². The number of benzene rings is 4. The summed E-state index contributed by atoms with van der Waals surface area (Å²) in [7, 11) is 0. The van der Waals surface area contributed by atoms with Crippen molar-refractivity contribution in [1.82, 2.24) is 19.6 Å². The van der Waals surface area contributed by atoms with E-state index in [4.69, 9.17) is 0 Å². The van der Waals surface area contributed by atoms with E-state index < -0.39 is 0 Å². The highest BCUT2D eigenvalue weighted by Gasteiger charge is 2.25. The van der Waals surface area contributed by atoms with Crippen LogP contribution in [-0.2, 0) is 0 Å². The van der Waals surface area contributed by atoms with Gasteiger partial charge in [-0.3, -0.25) is 19.4 Å². The lowest BCUT2D eigenvalue weighted by molar-refractivity contribution is 0.0555. The Bertz CT molecular complexity index is 1610. The third kappa shape index (κ3) is 8.78. The molecule has 6 rings (SSSR count). The zero-order valence-electron chi connectivity index (χ0n) is 30.4. The Hall–Kier alpha value is -3.68. The molecule has 0 radical (unpaired) electrons. The van der Waals surface area contributed by atoms with Gasteiger partial charge < -0.3 is 9.80 Å². The Kier molecular flexibility index (Phi) is 13.3. The van der Waals surface area contributed by atoms with E-state index in [1.807, 2.05) is 34.1 Å². The molecule has 0 atom stereocenters. The highest BCUT2D eigenvalue weighted by atomic mass is 35.5. The molecule has 266 valence electrons. The van der Waals surface area contributed by atoms with Crippen LogP contribution in [0.1, 0.15) is 54.1 Å². The summed E-state index contributed by atoms with van der Waals surface area (Å²) in [6.45, 7) is 21.5. The largest absolute Gasteiger partial charge is 0.336 e. The van der Waals surface area contributed by atoms with Crippen LogP contribution in [0.3, 0.4) is 0 Å². The highest BCUT2D eigenvalue weighted by molar-refractivity contribution is 5.95. The van der Waals surface area contributed by atoms with Crippen LogP contribution >= 0.6 is 24.8 Å². The van der Waals surface area contributed by atoms with Crippen molar-refractivity contribution in [3.8, 4) is 22.3 Å². The lowest BCUT2D eigenvalue weighted by atomic mass is 9.96. The minimum absolute atomic E-state index is 0. The second kappa shape index (κ2) is 17.0. The number of carbonyl (C=O) groups is 2. The normalized spacial score (nSPS) is 15.3. The van der Waals surface area contributed by atoms with Gasteiger partial charge in [0, 0.05) is 76.6 Å². The first-order chi connectivity index (χ1) is 23.1. The Morgan fingerprint density at radius 3 is 1.00 bits per heavy atom. The van der Waals surface area contributed by atoms with E-state index >= 15 is 0 Å². The predicted molar refractivity (Wildman–Crippen MR) is 211 cm³/mol. The summed E-state index contributed by atoms with van der Waals surface area (Å²) in [4.78, 5) is 35.5. The van der Waals surface area contributed by atoms with Crippen LogP contribution in [0.2, 0.25) is 0 Å². The van der Waals surface area contributed by atoms with Crippen molar-refractivity contribution in [2.24, 2.45) is 0 Å². The minimum Gasteiger partial charge on any atom is -0.336 e. The average Bonchev–Trinajstić information content (AvgIpc) is 3.11. The van der Waals surface area contributed by atoms with Gasteiger partial charge in [0.15, 0.2) is 0 Å². The molecule has 0 aromatic heterocycles. The van der Waals surface area contributed by atoms with E-state index in [1.165, 1.54) is 44.5 Å². The van der Waals surface area contributed by atoms with Crippen molar-refractivity contribution in [3.05, 3.63) is 117 Å². The molecule has 0 unspecified atom stereocenters. The Morgan fingerprint density at radius 2 is 0.720 bits per heavy atom. The number of aryl methyl sites for hydroxylation is 4. The topological polar surface area (TPSA) is 47.1 Å². The van der Waals surface area contributed by atoms with Gasteiger partial charge in [-0.25, -0.2) is 0 Å². The fraction of sp³-hybridized carbons (Fsp3) is 0.381. The standard InChI is InChI=1S/C42H50N4O2.2ClH/c1-29-25-39(26-30(2)33(29)5)35-7-11-37(12-8-35)41(47)45-21-17-43(18-22-45)15-16-44-19-23-46(24-20-44)42(48)38-13-9-36(10-14-38)40-27-31(3)34(6)32(4)28-40;;/h7-14,25-28H,15-24H2,1-6H3;2*1H. The zero-order chi connectivity index (χ0) is 33.9. The summed E-state index contributed by atoms with van der Waals surface area (Å²) < 4.78 is 0. The van der Waals surface area contributed by atoms with E-state index in [2.05, 4.69) is 99.9 Å². The van der Waals surface area contributed by atoms with Gasteiger partial charge in [-0.05, 0) is 121 Å². The molecule has 0 N–H and O–H groups in total. The van der Waals surface area contributed by atoms with Gasteiger partial charge in [0.1, 0.15) is 0 Å². The van der Waals surface area contributed by atoms with Gasteiger partial charge in [0.05, 0.1) is 0 Å². The smallest absolute Gasteiger partial charge is 0.253 e. The van der Waals surface area contributed by atoms with Crippen molar-refractivity contribution in [3.63, 3.8) is 0 Å². The number of carbonyl (C=O) groups excluding carboxylic acids is 2. The fourth-order valence-electron chi connectivity index (χ4n) is 7.01. The molecule has 2 fully saturated rings. The van der Waals surface area contributed by atoms with Gasteiger partial charge >= 0.3 is 0 Å². The van der Waals surface area contributed by atoms with Crippen LogP contribution in [0.4, 0.5) is 0 Å². The van der Waals surface area contributed by atoms with Crippen LogP contribution in [0.25, 0.3) is 22.3 Å². The number of piperazine rings is 2. The second-order valence-electron chi connectivity index (χ2n) is 13.9. The van der Waals surface area contributed by atoms with Crippen LogP contribution < -0.4 is 0 Å². The lowest BCUT2D eigenvalue weighted by Gasteiger charge is -2.38. The maximum absolute atomic E-state index is 13.3. The van der Waals surface area contributed by atoms with Crippen LogP contribution in [0.15, 0.2) is 72.8 Å². The molecule has 8 heteroatoms. The second-order valence-corrected chi connectivity index (χ2v) is 13.9. The maximum Gasteiger partial charge on any atom is 0.253 e. The first-order valence-corrected chi connectivity index (χ1v) is 17.5. The number of halogens is 2. The Labute approximate surface area is 311 Å². The molecule has 4 aromatic carbocycles. The van der Waals surface area contributed by atoms with Crippen molar-refractivity contribution >= 4 is 36.6 Å². The van der Waals surface area contributed by atoms with Crippen molar-refractivity contribution in [2.45, 2.75) is 41.5 Å². The van der Waals surface area contributed by atoms with Crippen LogP contribution in [0.5, 0.6) is 0 Å². The Balaban J connectivity index is 0.00000281. The van der Waals surface area contributed by atoms with Gasteiger partial charge in [-0.2, -0.15) is 0 Å². The van der Waals surface area contributed by atoms with E-state index in [0.29, 0.717) is 0 Å². The molecule has 0 aliphatic carbocycles. The molecule has 0 saturated carbocycles. The van der Waals surface area contributed by atoms with E-state index in [0.717, 1.165) is 87.7 Å². The van der Waals surface area contributed by atoms with Crippen molar-refractivity contribution in [1.29, 1.82) is 0 Å². The van der Waals surface area contributed by atoms with Crippen LogP contribution in [-0.4, -0.2) is 96.9 Å². The molecule has 0 spiro atoms. The summed E-state index contributed by atoms with van der Waals surface area (Å²) >= 11 is 0. The summed E-state index contributed by atoms with van der Waals surface area (Å²) in [6, 6.07) is 25.1. The summed E-state index contributed by atoms with van der Waals surface area (Å²) in [5.74, 6) is 0.237. The number of hydrogen-bond donors (Lipinski definition) is 0. The highest BCUT2D eigenvalue weighted by Crippen LogP contribution is 2.27.